The molecule has 0 aliphatic carbocycles. The minimum Gasteiger partial charge on any atom is -0.300 e. The predicted octanol–water partition coefficient (Wildman–Crippen LogP) is 2.57. The number of carbonyl (C=O) groups excluding carboxylic acids is 1. The third-order valence-electron chi connectivity index (χ3n) is 1.62. The van der Waals surface area contributed by atoms with Crippen molar-refractivity contribution >= 4 is 5.78 Å². The van der Waals surface area contributed by atoms with E-state index in [0.717, 1.165) is 0 Å². The summed E-state index contributed by atoms with van der Waals surface area (Å²) in [5.41, 5.74) is 1.30. The second-order valence-electron chi connectivity index (χ2n) is 3.01. The maximum absolute atomic E-state index is 10.5. The van der Waals surface area contributed by atoms with Gasteiger partial charge in [-0.15, -0.1) is 0 Å². The molecule has 0 saturated carbocycles. The molecule has 0 spiro atoms. The van der Waals surface area contributed by atoms with E-state index in [1.165, 1.54) is 5.57 Å². The van der Waals surface area contributed by atoms with E-state index in [0.29, 0.717) is 12.3 Å². The van der Waals surface area contributed by atoms with Crippen LogP contribution in [0.25, 0.3) is 0 Å². The van der Waals surface area contributed by atoms with Gasteiger partial charge in [0.25, 0.3) is 0 Å². The van der Waals surface area contributed by atoms with E-state index in [2.05, 4.69) is 20.8 Å². The van der Waals surface area contributed by atoms with Gasteiger partial charge in [-0.25, -0.2) is 0 Å². The van der Waals surface area contributed by atoms with Crippen LogP contribution in [0.5, 0.6) is 0 Å². The van der Waals surface area contributed by atoms with E-state index >= 15 is 0 Å². The van der Waals surface area contributed by atoms with Crippen LogP contribution in [0, 0.1) is 5.92 Å². The molecule has 0 aromatic heterocycles. The molecule has 0 saturated heterocycles. The minimum atomic E-state index is 0.236. The molecule has 0 bridgehead atoms. The second kappa shape index (κ2) is 4.26. The topological polar surface area (TPSA) is 17.1 Å². The quantitative estimate of drug-likeness (QED) is 0.551. The van der Waals surface area contributed by atoms with Crippen molar-refractivity contribution < 1.29 is 4.79 Å². The molecule has 0 rings (SSSR count). The number of Topliss-reactive ketones (excluding diaryl/α,β-unsaturated/α-hetero) is 1. The first-order chi connectivity index (χ1) is 4.54. The molecule has 58 valence electrons. The van der Waals surface area contributed by atoms with Crippen LogP contribution in [0.3, 0.4) is 0 Å². The lowest BCUT2D eigenvalue weighted by molar-refractivity contribution is -0.116. The van der Waals surface area contributed by atoms with Crippen molar-refractivity contribution in [1.29, 1.82) is 0 Å². The summed E-state index contributed by atoms with van der Waals surface area (Å²) in [4.78, 5) is 10.5. The molecule has 1 nitrogen and oxygen atoms in total. The monoisotopic (exact) mass is 140 g/mol. The normalized spacial score (nSPS) is 12.3. The van der Waals surface area contributed by atoms with E-state index in [4.69, 9.17) is 0 Å². The van der Waals surface area contributed by atoms with Crippen molar-refractivity contribution in [2.24, 2.45) is 5.92 Å². The van der Waals surface area contributed by atoms with Crippen LogP contribution in [-0.4, -0.2) is 5.78 Å². The largest absolute Gasteiger partial charge is 0.300 e. The molecule has 1 heteroatoms. The molecule has 0 aliphatic heterocycles. The van der Waals surface area contributed by atoms with E-state index in [9.17, 15) is 4.79 Å². The molecular formula is C9H16O. The smallest absolute Gasteiger partial charge is 0.133 e. The highest BCUT2D eigenvalue weighted by atomic mass is 16.1. The van der Waals surface area contributed by atoms with Crippen molar-refractivity contribution in [2.45, 2.75) is 34.1 Å². The fraction of sp³-hybridized carbons (Fsp3) is 0.667. The summed E-state index contributed by atoms with van der Waals surface area (Å²) in [5, 5.41) is 0. The first kappa shape index (κ1) is 9.41. The maximum atomic E-state index is 10.5. The fourth-order valence-electron chi connectivity index (χ4n) is 0.540. The van der Waals surface area contributed by atoms with Crippen molar-refractivity contribution in [3.05, 3.63) is 11.6 Å². The summed E-state index contributed by atoms with van der Waals surface area (Å²) in [7, 11) is 0. The van der Waals surface area contributed by atoms with Crippen LogP contribution in [0.1, 0.15) is 34.1 Å². The summed E-state index contributed by atoms with van der Waals surface area (Å²) in [6.07, 6.45) is 2.59. The molecule has 0 heterocycles. The summed E-state index contributed by atoms with van der Waals surface area (Å²) in [5.74, 6) is 0.805. The summed E-state index contributed by atoms with van der Waals surface area (Å²) >= 11 is 0. The average molecular weight is 140 g/mol. The molecule has 10 heavy (non-hydrogen) atoms. The van der Waals surface area contributed by atoms with Gasteiger partial charge in [0.15, 0.2) is 0 Å². The Morgan fingerprint density at radius 2 is 1.90 bits per heavy atom. The highest BCUT2D eigenvalue weighted by Crippen LogP contribution is 2.08. The van der Waals surface area contributed by atoms with E-state index in [1.54, 1.807) is 6.92 Å². The zero-order chi connectivity index (χ0) is 8.15. The highest BCUT2D eigenvalue weighted by molar-refractivity contribution is 5.77. The molecule has 0 aliphatic rings. The Hall–Kier alpha value is -0.590. The molecule has 0 radical (unpaired) electrons. The summed E-state index contributed by atoms with van der Waals surface area (Å²) < 4.78 is 0. The van der Waals surface area contributed by atoms with Crippen LogP contribution < -0.4 is 0 Å². The number of allylic oxidation sites excluding steroid dienone is 2. The molecule has 0 fully saturated rings. The van der Waals surface area contributed by atoms with Crippen molar-refractivity contribution in [3.8, 4) is 0 Å². The number of ketones is 1. The number of hydrogen-bond donors (Lipinski definition) is 0. The van der Waals surface area contributed by atoms with Crippen LogP contribution in [0.2, 0.25) is 0 Å². The molecule has 0 amide bonds. The average Bonchev–Trinajstić information content (AvgIpc) is 1.82. The van der Waals surface area contributed by atoms with Gasteiger partial charge < -0.3 is 0 Å². The zero-order valence-electron chi connectivity index (χ0n) is 7.27. The van der Waals surface area contributed by atoms with Gasteiger partial charge in [-0.2, -0.15) is 0 Å². The van der Waals surface area contributed by atoms with Crippen molar-refractivity contribution in [3.63, 3.8) is 0 Å². The van der Waals surface area contributed by atoms with Crippen LogP contribution >= 0.6 is 0 Å². The lowest BCUT2D eigenvalue weighted by Gasteiger charge is -2.02. The molecule has 0 aromatic rings. The second-order valence-corrected chi connectivity index (χ2v) is 3.01. The lowest BCUT2D eigenvalue weighted by atomic mass is 10.0. The number of hydrogen-bond acceptors (Lipinski definition) is 1. The summed E-state index contributed by atoms with van der Waals surface area (Å²) in [6, 6.07) is 0. The van der Waals surface area contributed by atoms with Crippen molar-refractivity contribution in [2.75, 3.05) is 0 Å². The van der Waals surface area contributed by atoms with Crippen LogP contribution in [-0.2, 0) is 4.79 Å². The van der Waals surface area contributed by atoms with Crippen molar-refractivity contribution in [1.82, 2.24) is 0 Å². The Balaban J connectivity index is 3.80. The Bertz CT molecular complexity index is 143. The Morgan fingerprint density at radius 3 is 2.20 bits per heavy atom. The zero-order valence-corrected chi connectivity index (χ0v) is 7.27. The lowest BCUT2D eigenvalue weighted by Crippen LogP contribution is -1.91. The third-order valence-corrected chi connectivity index (χ3v) is 1.62. The minimum absolute atomic E-state index is 0.236. The molecular weight excluding hydrogens is 124 g/mol. The Labute approximate surface area is 63.1 Å². The van der Waals surface area contributed by atoms with Gasteiger partial charge in [-0.1, -0.05) is 25.5 Å². The number of rotatable bonds is 3. The third kappa shape index (κ3) is 4.30. The molecule has 0 atom stereocenters. The highest BCUT2D eigenvalue weighted by Gasteiger charge is 1.95. The van der Waals surface area contributed by atoms with Gasteiger partial charge in [0.1, 0.15) is 5.78 Å². The van der Waals surface area contributed by atoms with Crippen LogP contribution in [0.4, 0.5) is 0 Å². The molecule has 0 aromatic carbocycles. The van der Waals surface area contributed by atoms with Gasteiger partial charge in [0.2, 0.25) is 0 Å². The SMILES string of the molecule is CC(=O)C/C=C(/C)C(C)C. The van der Waals surface area contributed by atoms with E-state index < -0.39 is 0 Å². The van der Waals surface area contributed by atoms with E-state index in [-0.39, 0.29) is 5.78 Å². The molecule has 0 unspecified atom stereocenters. The van der Waals surface area contributed by atoms with E-state index in [1.807, 2.05) is 6.08 Å². The predicted molar refractivity (Wildman–Crippen MR) is 43.9 cm³/mol. The van der Waals surface area contributed by atoms with Gasteiger partial charge in [0.05, 0.1) is 0 Å². The fourth-order valence-corrected chi connectivity index (χ4v) is 0.540. The summed E-state index contributed by atoms with van der Waals surface area (Å²) in [6.45, 7) is 7.94. The van der Waals surface area contributed by atoms with Gasteiger partial charge >= 0.3 is 0 Å². The number of carbonyl (C=O) groups is 1. The standard InChI is InChI=1S/C9H16O/c1-7(2)8(3)5-6-9(4)10/h5,7H,6H2,1-4H3/b8-5-. The first-order valence-corrected chi connectivity index (χ1v) is 3.70. The molecule has 0 N–H and O–H groups in total. The Morgan fingerprint density at radius 1 is 1.40 bits per heavy atom. The van der Waals surface area contributed by atoms with Gasteiger partial charge in [0, 0.05) is 6.42 Å². The van der Waals surface area contributed by atoms with Crippen LogP contribution in [0.15, 0.2) is 11.6 Å². The first-order valence-electron chi connectivity index (χ1n) is 3.70. The van der Waals surface area contributed by atoms with Gasteiger partial charge in [-0.05, 0) is 19.8 Å². The maximum Gasteiger partial charge on any atom is 0.133 e. The Kier molecular flexibility index (Phi) is 4.01. The van der Waals surface area contributed by atoms with Gasteiger partial charge in [-0.3, -0.25) is 4.79 Å².